The maximum atomic E-state index is 12.7. The number of halogens is 2. The molecule has 4 saturated heterocycles. The summed E-state index contributed by atoms with van der Waals surface area (Å²) in [5, 5.41) is 0. The molecule has 4 aliphatic heterocycles. The number of alkyl halides is 2. The number of nitrogens with one attached hydrogen (secondary N) is 2. The van der Waals surface area contributed by atoms with Crippen molar-refractivity contribution in [1.29, 1.82) is 0 Å². The van der Waals surface area contributed by atoms with E-state index in [0.29, 0.717) is 12.3 Å². The Morgan fingerprint density at radius 3 is 2.81 bits per heavy atom. The Kier molecular flexibility index (Phi) is 2.41. The molecular formula is C13H16I2N2O4. The Bertz CT molecular complexity index is 589. The third kappa shape index (κ3) is 1.46. The van der Waals surface area contributed by atoms with Crippen LogP contribution in [0.2, 0.25) is 0 Å². The van der Waals surface area contributed by atoms with Crippen LogP contribution in [0.3, 0.4) is 0 Å². The second kappa shape index (κ2) is 3.69. The number of carbonyl (C=O) groups excluding carboxylic acids is 2. The van der Waals surface area contributed by atoms with Crippen molar-refractivity contribution in [3.05, 3.63) is 0 Å². The van der Waals surface area contributed by atoms with E-state index in [2.05, 4.69) is 36.6 Å². The molecule has 8 heteroatoms. The molecule has 0 spiro atoms. The third-order valence-electron chi connectivity index (χ3n) is 5.88. The second-order valence-electron chi connectivity index (χ2n) is 6.95. The average Bonchev–Trinajstić information content (AvgIpc) is 3.18. The van der Waals surface area contributed by atoms with Crippen LogP contribution >= 0.6 is 43.0 Å². The third-order valence-corrected chi connectivity index (χ3v) is 13.0. The van der Waals surface area contributed by atoms with Gasteiger partial charge in [-0.15, -0.1) is 0 Å². The van der Waals surface area contributed by atoms with E-state index < -0.39 is 29.6 Å². The van der Waals surface area contributed by atoms with Crippen LogP contribution in [0.25, 0.3) is 0 Å². The van der Waals surface area contributed by atoms with Crippen LogP contribution in [0.1, 0.15) is 26.7 Å². The zero-order valence-electron chi connectivity index (χ0n) is 11.6. The summed E-state index contributed by atoms with van der Waals surface area (Å²) in [6.07, 6.45) is 1.63. The minimum absolute atomic E-state index is 0.0214. The Labute approximate surface area is 143 Å². The van der Waals surface area contributed by atoms with E-state index in [1.807, 2.05) is 6.92 Å². The molecule has 6 fully saturated rings. The van der Waals surface area contributed by atoms with Gasteiger partial charge in [0.1, 0.15) is 0 Å². The molecule has 2 N–H and O–H groups in total. The molecule has 4 heterocycles. The van der Waals surface area contributed by atoms with Crippen LogP contribution in [-0.4, -0.2) is 24.8 Å². The fourth-order valence-corrected chi connectivity index (χ4v) is 12.3. The molecule has 21 heavy (non-hydrogen) atoms. The molecule has 0 aromatic heterocycles. The summed E-state index contributed by atoms with van der Waals surface area (Å²) < 4.78 is 17.4. The number of carbonyl (C=O) groups is 2. The first-order chi connectivity index (χ1) is 9.81. The molecule has 6 rings (SSSR count). The van der Waals surface area contributed by atoms with Gasteiger partial charge in [-0.2, -0.15) is 0 Å². The fourth-order valence-electron chi connectivity index (χ4n) is 4.55. The molecule has 6 aliphatic rings. The zero-order valence-corrected chi connectivity index (χ0v) is 15.9. The normalized spacial score (nSPS) is 51.2. The zero-order chi connectivity index (χ0) is 14.8. The van der Waals surface area contributed by atoms with Crippen molar-refractivity contribution >= 4 is 54.9 Å². The van der Waals surface area contributed by atoms with Crippen LogP contribution in [0, 0.1) is 23.7 Å². The summed E-state index contributed by atoms with van der Waals surface area (Å²) in [5.41, 5.74) is 0. The van der Waals surface area contributed by atoms with Gasteiger partial charge < -0.3 is 0 Å². The molecule has 6 nitrogen and oxygen atoms in total. The summed E-state index contributed by atoms with van der Waals surface area (Å²) in [4.78, 5) is 24.9. The van der Waals surface area contributed by atoms with Crippen molar-refractivity contribution in [2.75, 3.05) is 0 Å². The number of esters is 2. The number of rotatable bonds is 3. The van der Waals surface area contributed by atoms with Crippen LogP contribution < -0.4 is 7.06 Å². The molecule has 116 valence electrons. The Hall–Kier alpha value is 0.320. The molecule has 0 amide bonds. The van der Waals surface area contributed by atoms with Gasteiger partial charge in [-0.1, -0.05) is 0 Å². The van der Waals surface area contributed by atoms with Crippen molar-refractivity contribution in [2.24, 2.45) is 23.7 Å². The first-order valence-electron chi connectivity index (χ1n) is 7.21. The van der Waals surface area contributed by atoms with E-state index >= 15 is 0 Å². The predicted molar refractivity (Wildman–Crippen MR) is 89.2 cm³/mol. The molecule has 2 saturated carbocycles. The van der Waals surface area contributed by atoms with Gasteiger partial charge in [0.15, 0.2) is 0 Å². The molecule has 6 unspecified atom stereocenters. The Balaban J connectivity index is 1.43. The molecule has 2 aliphatic carbocycles. The van der Waals surface area contributed by atoms with E-state index in [-0.39, 0.29) is 33.4 Å². The predicted octanol–water partition coefficient (Wildman–Crippen LogP) is 1.47. The fraction of sp³-hybridized carbons (Fsp3) is 0.846. The number of hydrogen-bond donors (Lipinski definition) is 2. The molecule has 6 atom stereocenters. The van der Waals surface area contributed by atoms with Crippen LogP contribution in [0.4, 0.5) is 0 Å². The Morgan fingerprint density at radius 2 is 2.24 bits per heavy atom. The average molecular weight is 518 g/mol. The summed E-state index contributed by atoms with van der Waals surface area (Å²) in [6.45, 7) is 4.00. The van der Waals surface area contributed by atoms with Gasteiger partial charge in [-0.05, 0) is 0 Å². The first kappa shape index (κ1) is 13.7. The molecule has 0 aromatic carbocycles. The number of hydrogen-bond acceptors (Lipinski definition) is 6. The summed E-state index contributed by atoms with van der Waals surface area (Å²) in [7, 11) is 0. The summed E-state index contributed by atoms with van der Waals surface area (Å²) in [5.74, 6) is -0.626. The van der Waals surface area contributed by atoms with Gasteiger partial charge in [0.25, 0.3) is 0 Å². The van der Waals surface area contributed by atoms with Gasteiger partial charge in [0.05, 0.1) is 0 Å². The second-order valence-corrected chi connectivity index (χ2v) is 13.4. The topological polar surface area (TPSA) is 96.5 Å². The van der Waals surface area contributed by atoms with Gasteiger partial charge in [0.2, 0.25) is 0 Å². The van der Waals surface area contributed by atoms with Crippen molar-refractivity contribution in [3.63, 3.8) is 0 Å². The van der Waals surface area contributed by atoms with E-state index in [1.54, 1.807) is 0 Å². The van der Waals surface area contributed by atoms with Crippen LogP contribution in [-0.2, 0) is 19.1 Å². The number of fused-ring (bicyclic) bond motifs is 2. The van der Waals surface area contributed by atoms with Gasteiger partial charge >= 0.3 is 144 Å². The van der Waals surface area contributed by atoms with E-state index in [9.17, 15) is 9.59 Å². The number of ether oxygens (including phenoxy) is 2. The minimum atomic E-state index is -1.23. The first-order valence-corrected chi connectivity index (χ1v) is 11.5. The molecule has 0 aromatic rings. The van der Waals surface area contributed by atoms with Crippen molar-refractivity contribution < 1.29 is 19.1 Å². The monoisotopic (exact) mass is 518 g/mol. The Morgan fingerprint density at radius 1 is 1.57 bits per heavy atom. The maximum absolute atomic E-state index is 12.7. The van der Waals surface area contributed by atoms with Gasteiger partial charge in [-0.3, -0.25) is 0 Å². The van der Waals surface area contributed by atoms with Crippen molar-refractivity contribution in [3.8, 4) is 0 Å². The SMILES string of the molecule is CC1C2C(=O)OC3(OC(=O)C(C)(I)C45NI4N5)CC2CC13. The quantitative estimate of drug-likeness (QED) is 0.147. The van der Waals surface area contributed by atoms with E-state index in [4.69, 9.17) is 9.47 Å². The van der Waals surface area contributed by atoms with E-state index in [1.165, 1.54) is 0 Å². The molecule has 4 bridgehead atoms. The van der Waals surface area contributed by atoms with Gasteiger partial charge in [0, 0.05) is 0 Å². The summed E-state index contributed by atoms with van der Waals surface area (Å²) in [6, 6.07) is 0. The summed E-state index contributed by atoms with van der Waals surface area (Å²) >= 11 is 0.947. The van der Waals surface area contributed by atoms with Crippen molar-refractivity contribution in [1.82, 2.24) is 7.06 Å². The molecule has 0 radical (unpaired) electrons. The van der Waals surface area contributed by atoms with Gasteiger partial charge in [-0.25, -0.2) is 0 Å². The van der Waals surface area contributed by atoms with Crippen LogP contribution in [0.15, 0.2) is 0 Å². The van der Waals surface area contributed by atoms with E-state index in [0.717, 1.165) is 6.42 Å². The standard InChI is InChI=1S/C13H16I2N2O4/c1-5-7-3-6-4-12(7,20-9(18)8(5)6)21-10(19)11(2,14)13-15(16-13)17-13/h5-8,16-17H,3-4H2,1-2H3. The van der Waals surface area contributed by atoms with Crippen LogP contribution in [0.5, 0.6) is 0 Å². The molecular weight excluding hydrogens is 502 g/mol. The van der Waals surface area contributed by atoms with Crippen molar-refractivity contribution in [2.45, 2.75) is 39.6 Å².